The lowest BCUT2D eigenvalue weighted by Gasteiger charge is -2.13. The fourth-order valence-corrected chi connectivity index (χ4v) is 3.59. The van der Waals surface area contributed by atoms with Crippen LogP contribution < -0.4 is 0 Å². The minimum Gasteiger partial charge on any atom is -0.462 e. The topological polar surface area (TPSA) is 120 Å². The molecule has 156 valence electrons. The summed E-state index contributed by atoms with van der Waals surface area (Å²) in [6, 6.07) is 7.85. The largest absolute Gasteiger partial charge is 0.462 e. The molecule has 0 N–H and O–H groups in total. The van der Waals surface area contributed by atoms with Gasteiger partial charge in [-0.05, 0) is 56.3 Å². The maximum absolute atomic E-state index is 12.5. The van der Waals surface area contributed by atoms with Gasteiger partial charge in [0.25, 0.3) is 16.8 Å². The Morgan fingerprint density at radius 1 is 1.30 bits per heavy atom. The van der Waals surface area contributed by atoms with Crippen LogP contribution in [0.15, 0.2) is 39.7 Å². The van der Waals surface area contributed by atoms with Crippen LogP contribution in [0.25, 0.3) is 17.4 Å². The van der Waals surface area contributed by atoms with Crippen molar-refractivity contribution in [1.29, 1.82) is 0 Å². The lowest BCUT2D eigenvalue weighted by atomic mass is 10.1. The number of carbonyl (C=O) groups excluding carboxylic acids is 3. The highest BCUT2D eigenvalue weighted by molar-refractivity contribution is 8.18. The van der Waals surface area contributed by atoms with Crippen molar-refractivity contribution in [3.05, 3.63) is 56.7 Å². The molecule has 0 aliphatic carbocycles. The number of hydrogen-bond donors (Lipinski definition) is 0. The van der Waals surface area contributed by atoms with Crippen LogP contribution in [-0.2, 0) is 14.3 Å². The Morgan fingerprint density at radius 2 is 2.03 bits per heavy atom. The van der Waals surface area contributed by atoms with Crippen LogP contribution in [0.5, 0.6) is 0 Å². The summed E-state index contributed by atoms with van der Waals surface area (Å²) in [5.41, 5.74) is 0.941. The van der Waals surface area contributed by atoms with Crippen molar-refractivity contribution in [3.8, 4) is 11.3 Å². The molecule has 0 radical (unpaired) electrons. The number of nitro groups is 1. The molecule has 0 saturated carbocycles. The Kier molecular flexibility index (Phi) is 6.06. The molecule has 10 heteroatoms. The first-order valence-corrected chi connectivity index (χ1v) is 9.77. The first-order chi connectivity index (χ1) is 14.2. The number of nitro benzene ring substituents is 1. The molecule has 30 heavy (non-hydrogen) atoms. The SMILES string of the molecule is Cc1ccc(-c2ccc(/C=C3/SC(=O)N(CC(=O)OC(C)C)C3=O)o2)c([N+](=O)[O-])c1. The van der Waals surface area contributed by atoms with Crippen molar-refractivity contribution in [2.75, 3.05) is 6.54 Å². The molecule has 9 nitrogen and oxygen atoms in total. The maximum Gasteiger partial charge on any atom is 0.326 e. The number of ether oxygens (including phenoxy) is 1. The number of carbonyl (C=O) groups is 3. The fraction of sp³-hybridized carbons (Fsp3) is 0.250. The molecule has 2 amide bonds. The van der Waals surface area contributed by atoms with Gasteiger partial charge in [0, 0.05) is 12.1 Å². The summed E-state index contributed by atoms with van der Waals surface area (Å²) in [4.78, 5) is 48.1. The van der Waals surface area contributed by atoms with Crippen LogP contribution >= 0.6 is 11.8 Å². The standard InChI is InChI=1S/C20H18N2O7S/c1-11(2)28-18(23)10-21-19(24)17(30-20(21)25)9-13-5-7-16(29-13)14-6-4-12(3)8-15(14)22(26)27/h4-9,11H,10H2,1-3H3/b17-9+. The average Bonchev–Trinajstić information content (AvgIpc) is 3.21. The summed E-state index contributed by atoms with van der Waals surface area (Å²) in [6.07, 6.45) is 1.00. The predicted octanol–water partition coefficient (Wildman–Crippen LogP) is 4.15. The average molecular weight is 430 g/mol. The third kappa shape index (κ3) is 4.60. The predicted molar refractivity (Wildman–Crippen MR) is 109 cm³/mol. The number of nitrogens with zero attached hydrogens (tertiary/aromatic N) is 2. The summed E-state index contributed by atoms with van der Waals surface area (Å²) in [6.45, 7) is 4.60. The van der Waals surface area contributed by atoms with E-state index in [2.05, 4.69) is 0 Å². The van der Waals surface area contributed by atoms with Crippen molar-refractivity contribution in [2.45, 2.75) is 26.9 Å². The van der Waals surface area contributed by atoms with Crippen molar-refractivity contribution in [1.82, 2.24) is 4.90 Å². The lowest BCUT2D eigenvalue weighted by Crippen LogP contribution is -2.35. The van der Waals surface area contributed by atoms with E-state index in [0.717, 1.165) is 10.5 Å². The van der Waals surface area contributed by atoms with E-state index in [1.807, 2.05) is 0 Å². The summed E-state index contributed by atoms with van der Waals surface area (Å²) in [7, 11) is 0. The van der Waals surface area contributed by atoms with Gasteiger partial charge in [-0.25, -0.2) is 0 Å². The molecule has 1 aliphatic heterocycles. The number of aryl methyl sites for hydroxylation is 1. The number of esters is 1. The van der Waals surface area contributed by atoms with Crippen molar-refractivity contribution in [2.24, 2.45) is 0 Å². The van der Waals surface area contributed by atoms with E-state index in [-0.39, 0.29) is 28.2 Å². The molecule has 0 unspecified atom stereocenters. The summed E-state index contributed by atoms with van der Waals surface area (Å²) in [5.74, 6) is -0.812. The molecule has 1 aromatic carbocycles. The van der Waals surface area contributed by atoms with E-state index >= 15 is 0 Å². The van der Waals surface area contributed by atoms with E-state index in [9.17, 15) is 24.5 Å². The van der Waals surface area contributed by atoms with Crippen LogP contribution in [0.2, 0.25) is 0 Å². The summed E-state index contributed by atoms with van der Waals surface area (Å²) < 4.78 is 10.6. The Bertz CT molecular complexity index is 1070. The first kappa shape index (κ1) is 21.3. The molecule has 1 saturated heterocycles. The molecule has 0 bridgehead atoms. The highest BCUT2D eigenvalue weighted by Gasteiger charge is 2.37. The molecule has 1 aromatic heterocycles. The third-order valence-electron chi connectivity index (χ3n) is 4.04. The molecule has 1 aliphatic rings. The number of amides is 2. The number of rotatable bonds is 6. The Morgan fingerprint density at radius 3 is 2.70 bits per heavy atom. The quantitative estimate of drug-likeness (QED) is 0.290. The maximum atomic E-state index is 12.5. The van der Waals surface area contributed by atoms with Crippen LogP contribution in [0, 0.1) is 17.0 Å². The molecule has 2 aromatic rings. The van der Waals surface area contributed by atoms with Crippen LogP contribution in [0.3, 0.4) is 0 Å². The molecule has 1 fully saturated rings. The van der Waals surface area contributed by atoms with Crippen LogP contribution in [0.4, 0.5) is 10.5 Å². The third-order valence-corrected chi connectivity index (χ3v) is 4.95. The van der Waals surface area contributed by atoms with E-state index in [0.29, 0.717) is 17.3 Å². The molecular formula is C20H18N2O7S. The van der Waals surface area contributed by atoms with Gasteiger partial charge < -0.3 is 9.15 Å². The minimum atomic E-state index is -0.680. The first-order valence-electron chi connectivity index (χ1n) is 8.96. The highest BCUT2D eigenvalue weighted by Crippen LogP contribution is 2.35. The molecule has 3 rings (SSSR count). The number of thioether (sulfide) groups is 1. The summed E-state index contributed by atoms with van der Waals surface area (Å²) in [5, 5.41) is 10.7. The number of benzene rings is 1. The smallest absolute Gasteiger partial charge is 0.326 e. The Hall–Kier alpha value is -3.40. The Balaban J connectivity index is 1.82. The van der Waals surface area contributed by atoms with Crippen LogP contribution in [0.1, 0.15) is 25.2 Å². The normalized spacial score (nSPS) is 15.3. The summed E-state index contributed by atoms with van der Waals surface area (Å²) >= 11 is 0.675. The van der Waals surface area contributed by atoms with Crippen molar-refractivity contribution in [3.63, 3.8) is 0 Å². The van der Waals surface area contributed by atoms with Crippen molar-refractivity contribution >= 4 is 40.6 Å². The zero-order chi connectivity index (χ0) is 22.0. The van der Waals surface area contributed by atoms with Crippen LogP contribution in [-0.4, -0.2) is 39.6 Å². The van der Waals surface area contributed by atoms with Gasteiger partial charge in [0.2, 0.25) is 0 Å². The van der Waals surface area contributed by atoms with Gasteiger partial charge in [0.05, 0.1) is 21.5 Å². The van der Waals surface area contributed by atoms with Gasteiger partial charge in [0.1, 0.15) is 18.1 Å². The van der Waals surface area contributed by atoms with E-state index in [1.165, 1.54) is 12.1 Å². The Labute approximate surface area is 175 Å². The second-order valence-corrected chi connectivity index (χ2v) is 7.78. The van der Waals surface area contributed by atoms with Gasteiger partial charge in [-0.2, -0.15) is 0 Å². The number of imide groups is 1. The van der Waals surface area contributed by atoms with Gasteiger partial charge in [-0.1, -0.05) is 6.07 Å². The minimum absolute atomic E-state index is 0.0802. The molecule has 0 spiro atoms. The van der Waals surface area contributed by atoms with E-state index < -0.39 is 28.6 Å². The van der Waals surface area contributed by atoms with E-state index in [4.69, 9.17) is 9.15 Å². The monoisotopic (exact) mass is 430 g/mol. The van der Waals surface area contributed by atoms with Crippen molar-refractivity contribution < 1.29 is 28.5 Å². The van der Waals surface area contributed by atoms with Gasteiger partial charge in [-0.15, -0.1) is 0 Å². The van der Waals surface area contributed by atoms with E-state index in [1.54, 1.807) is 45.0 Å². The van der Waals surface area contributed by atoms with Gasteiger partial charge in [0.15, 0.2) is 0 Å². The van der Waals surface area contributed by atoms with Gasteiger partial charge in [-0.3, -0.25) is 29.4 Å². The second kappa shape index (κ2) is 8.54. The number of furan rings is 1. The molecule has 0 atom stereocenters. The zero-order valence-electron chi connectivity index (χ0n) is 16.4. The fourth-order valence-electron chi connectivity index (χ4n) is 2.77. The number of hydrogen-bond acceptors (Lipinski definition) is 8. The molecular weight excluding hydrogens is 412 g/mol. The lowest BCUT2D eigenvalue weighted by molar-refractivity contribution is -0.384. The second-order valence-electron chi connectivity index (χ2n) is 6.79. The molecule has 2 heterocycles. The highest BCUT2D eigenvalue weighted by atomic mass is 32.2. The zero-order valence-corrected chi connectivity index (χ0v) is 17.2. The van der Waals surface area contributed by atoms with Gasteiger partial charge >= 0.3 is 5.97 Å².